The van der Waals surface area contributed by atoms with Gasteiger partial charge in [0.05, 0.1) is 12.3 Å². The van der Waals surface area contributed by atoms with E-state index < -0.39 is 0 Å². The van der Waals surface area contributed by atoms with Crippen LogP contribution in [0.5, 0.6) is 0 Å². The lowest BCUT2D eigenvalue weighted by Gasteiger charge is -2.14. The maximum atomic E-state index is 9.90. The Bertz CT molecular complexity index is 291. The van der Waals surface area contributed by atoms with Gasteiger partial charge in [0.15, 0.2) is 0 Å². The molecule has 0 amide bonds. The molecule has 78 valence electrons. The molecule has 4 heteroatoms. The van der Waals surface area contributed by atoms with Crippen LogP contribution in [0.3, 0.4) is 0 Å². The van der Waals surface area contributed by atoms with E-state index in [0.29, 0.717) is 6.04 Å². The standard InChI is InChI=1S/C10H17N3O/c1-13-7-8(6-12-13)10(14)5-9-3-2-4-11-9/h6-7,9-11,14H,2-5H2,1H3/t9-,10+/m0/s1. The number of rotatable bonds is 3. The Labute approximate surface area is 83.9 Å². The molecule has 1 aliphatic heterocycles. The van der Waals surface area contributed by atoms with Gasteiger partial charge < -0.3 is 10.4 Å². The van der Waals surface area contributed by atoms with Crippen molar-refractivity contribution in [3.05, 3.63) is 18.0 Å². The number of nitrogens with zero attached hydrogens (tertiary/aromatic N) is 2. The first-order chi connectivity index (χ1) is 6.75. The number of hydrogen-bond acceptors (Lipinski definition) is 3. The summed E-state index contributed by atoms with van der Waals surface area (Å²) in [6.07, 6.45) is 6.44. The summed E-state index contributed by atoms with van der Waals surface area (Å²) in [6.45, 7) is 1.09. The molecule has 0 bridgehead atoms. The van der Waals surface area contributed by atoms with Crippen LogP contribution in [0.15, 0.2) is 12.4 Å². The van der Waals surface area contributed by atoms with E-state index >= 15 is 0 Å². The number of aliphatic hydroxyl groups is 1. The zero-order chi connectivity index (χ0) is 9.97. The molecular weight excluding hydrogens is 178 g/mol. The zero-order valence-corrected chi connectivity index (χ0v) is 8.48. The molecule has 1 fully saturated rings. The van der Waals surface area contributed by atoms with Crippen LogP contribution in [0.2, 0.25) is 0 Å². The maximum Gasteiger partial charge on any atom is 0.0835 e. The van der Waals surface area contributed by atoms with E-state index in [1.165, 1.54) is 12.8 Å². The number of aromatic nitrogens is 2. The molecule has 1 aliphatic rings. The minimum atomic E-state index is -0.376. The third-order valence-corrected chi connectivity index (χ3v) is 2.78. The number of nitrogens with one attached hydrogen (secondary N) is 1. The summed E-state index contributed by atoms with van der Waals surface area (Å²) >= 11 is 0. The fourth-order valence-electron chi connectivity index (χ4n) is 1.98. The molecule has 2 atom stereocenters. The molecule has 14 heavy (non-hydrogen) atoms. The van der Waals surface area contributed by atoms with Gasteiger partial charge in [-0.2, -0.15) is 5.10 Å². The zero-order valence-electron chi connectivity index (χ0n) is 8.48. The second kappa shape index (κ2) is 4.11. The van der Waals surface area contributed by atoms with Crippen LogP contribution in [-0.2, 0) is 7.05 Å². The van der Waals surface area contributed by atoms with Crippen molar-refractivity contribution in [2.75, 3.05) is 6.54 Å². The van der Waals surface area contributed by atoms with Gasteiger partial charge in [-0.3, -0.25) is 4.68 Å². The summed E-state index contributed by atoms with van der Waals surface area (Å²) in [6, 6.07) is 0.477. The largest absolute Gasteiger partial charge is 0.388 e. The van der Waals surface area contributed by atoms with E-state index in [4.69, 9.17) is 0 Å². The van der Waals surface area contributed by atoms with Gasteiger partial charge in [0.2, 0.25) is 0 Å². The molecular formula is C10H17N3O. The fourth-order valence-corrected chi connectivity index (χ4v) is 1.98. The molecule has 2 rings (SSSR count). The molecule has 1 saturated heterocycles. The molecule has 1 aromatic rings. The summed E-state index contributed by atoms with van der Waals surface area (Å²) < 4.78 is 1.72. The van der Waals surface area contributed by atoms with Crippen LogP contribution in [0, 0.1) is 0 Å². The lowest BCUT2D eigenvalue weighted by molar-refractivity contribution is 0.154. The highest BCUT2D eigenvalue weighted by molar-refractivity contribution is 5.08. The van der Waals surface area contributed by atoms with E-state index in [1.54, 1.807) is 10.9 Å². The summed E-state index contributed by atoms with van der Waals surface area (Å²) in [5, 5.41) is 17.3. The smallest absolute Gasteiger partial charge is 0.0835 e. The predicted molar refractivity (Wildman–Crippen MR) is 53.8 cm³/mol. The average molecular weight is 195 g/mol. The van der Waals surface area contributed by atoms with Gasteiger partial charge >= 0.3 is 0 Å². The Hall–Kier alpha value is -0.870. The Morgan fingerprint density at radius 1 is 1.79 bits per heavy atom. The van der Waals surface area contributed by atoms with Gasteiger partial charge in [0.25, 0.3) is 0 Å². The normalized spacial score (nSPS) is 24.0. The molecule has 4 nitrogen and oxygen atoms in total. The van der Waals surface area contributed by atoms with Gasteiger partial charge in [0, 0.05) is 24.8 Å². The fraction of sp³-hybridized carbons (Fsp3) is 0.700. The maximum absolute atomic E-state index is 9.90. The van der Waals surface area contributed by atoms with Crippen LogP contribution in [0.25, 0.3) is 0 Å². The van der Waals surface area contributed by atoms with Crippen LogP contribution >= 0.6 is 0 Å². The van der Waals surface area contributed by atoms with Gasteiger partial charge in [0.1, 0.15) is 0 Å². The second-order valence-electron chi connectivity index (χ2n) is 3.99. The highest BCUT2D eigenvalue weighted by atomic mass is 16.3. The Morgan fingerprint density at radius 3 is 3.21 bits per heavy atom. The molecule has 0 radical (unpaired) electrons. The summed E-state index contributed by atoms with van der Waals surface area (Å²) in [5.41, 5.74) is 0.918. The van der Waals surface area contributed by atoms with Crippen LogP contribution in [0.1, 0.15) is 30.9 Å². The van der Waals surface area contributed by atoms with E-state index in [0.717, 1.165) is 18.5 Å². The van der Waals surface area contributed by atoms with Crippen molar-refractivity contribution >= 4 is 0 Å². The number of aliphatic hydroxyl groups excluding tert-OH is 1. The van der Waals surface area contributed by atoms with E-state index in [2.05, 4.69) is 10.4 Å². The molecule has 2 N–H and O–H groups in total. The van der Waals surface area contributed by atoms with Crippen molar-refractivity contribution in [1.29, 1.82) is 0 Å². The lowest BCUT2D eigenvalue weighted by atomic mass is 10.0. The Kier molecular flexibility index (Phi) is 2.84. The molecule has 0 spiro atoms. The van der Waals surface area contributed by atoms with Crippen LogP contribution < -0.4 is 5.32 Å². The highest BCUT2D eigenvalue weighted by Crippen LogP contribution is 2.21. The third kappa shape index (κ3) is 2.13. The quantitative estimate of drug-likeness (QED) is 0.742. The monoisotopic (exact) mass is 195 g/mol. The first-order valence-corrected chi connectivity index (χ1v) is 5.15. The van der Waals surface area contributed by atoms with E-state index in [9.17, 15) is 5.11 Å². The average Bonchev–Trinajstić information content (AvgIpc) is 2.75. The summed E-state index contributed by atoms with van der Waals surface area (Å²) in [4.78, 5) is 0. The first kappa shape index (κ1) is 9.68. The van der Waals surface area contributed by atoms with Crippen molar-refractivity contribution < 1.29 is 5.11 Å². The van der Waals surface area contributed by atoms with Crippen molar-refractivity contribution in [3.63, 3.8) is 0 Å². The van der Waals surface area contributed by atoms with Gasteiger partial charge in [-0.05, 0) is 25.8 Å². The van der Waals surface area contributed by atoms with Crippen molar-refractivity contribution in [1.82, 2.24) is 15.1 Å². The Balaban J connectivity index is 1.91. The van der Waals surface area contributed by atoms with Crippen LogP contribution in [0.4, 0.5) is 0 Å². The number of hydrogen-bond donors (Lipinski definition) is 2. The summed E-state index contributed by atoms with van der Waals surface area (Å²) in [5.74, 6) is 0. The van der Waals surface area contributed by atoms with Crippen LogP contribution in [-0.4, -0.2) is 27.5 Å². The molecule has 0 aromatic carbocycles. The minimum absolute atomic E-state index is 0.376. The predicted octanol–water partition coefficient (Wildman–Crippen LogP) is 0.596. The van der Waals surface area contributed by atoms with Crippen molar-refractivity contribution in [2.24, 2.45) is 7.05 Å². The van der Waals surface area contributed by atoms with Gasteiger partial charge in [-0.1, -0.05) is 0 Å². The van der Waals surface area contributed by atoms with Gasteiger partial charge in [-0.15, -0.1) is 0 Å². The SMILES string of the molecule is Cn1cc([C@H](O)C[C@@H]2CCCN2)cn1. The topological polar surface area (TPSA) is 50.1 Å². The molecule has 1 aromatic heterocycles. The van der Waals surface area contributed by atoms with E-state index in [1.807, 2.05) is 13.2 Å². The third-order valence-electron chi connectivity index (χ3n) is 2.78. The highest BCUT2D eigenvalue weighted by Gasteiger charge is 2.19. The van der Waals surface area contributed by atoms with Crippen molar-refractivity contribution in [3.8, 4) is 0 Å². The summed E-state index contributed by atoms with van der Waals surface area (Å²) in [7, 11) is 1.87. The molecule has 0 unspecified atom stereocenters. The van der Waals surface area contributed by atoms with Crippen molar-refractivity contribution in [2.45, 2.75) is 31.4 Å². The van der Waals surface area contributed by atoms with E-state index in [-0.39, 0.29) is 6.10 Å². The molecule has 2 heterocycles. The lowest BCUT2D eigenvalue weighted by Crippen LogP contribution is -2.23. The Morgan fingerprint density at radius 2 is 2.64 bits per heavy atom. The molecule has 0 saturated carbocycles. The molecule has 0 aliphatic carbocycles. The van der Waals surface area contributed by atoms with Gasteiger partial charge in [-0.25, -0.2) is 0 Å². The minimum Gasteiger partial charge on any atom is -0.388 e. The first-order valence-electron chi connectivity index (χ1n) is 5.15. The number of aryl methyl sites for hydroxylation is 1. The second-order valence-corrected chi connectivity index (χ2v) is 3.99.